The zero-order valence-corrected chi connectivity index (χ0v) is 8.14. The fraction of sp³-hybridized carbons (Fsp3) is 0.667. The summed E-state index contributed by atoms with van der Waals surface area (Å²) in [5, 5.41) is 3.04. The molecule has 0 fully saturated rings. The zero-order valence-electron chi connectivity index (χ0n) is 8.14. The monoisotopic (exact) mass is 168 g/mol. The first-order valence-electron chi connectivity index (χ1n) is 4.26. The Morgan fingerprint density at radius 3 is 2.58 bits per heavy atom. The van der Waals surface area contributed by atoms with Crippen LogP contribution >= 0.6 is 0 Å². The van der Waals surface area contributed by atoms with Crippen LogP contribution in [0.2, 0.25) is 0 Å². The minimum atomic E-state index is 0.370. The van der Waals surface area contributed by atoms with Gasteiger partial charge in [-0.15, -0.1) is 0 Å². The molecule has 3 heteroatoms. The number of rotatable bonds is 3. The molecule has 0 atom stereocenters. The summed E-state index contributed by atoms with van der Waals surface area (Å²) in [7, 11) is 1.90. The fourth-order valence-corrected chi connectivity index (χ4v) is 1.02. The Morgan fingerprint density at radius 2 is 2.17 bits per heavy atom. The van der Waals surface area contributed by atoms with Crippen LogP contribution in [0.3, 0.4) is 0 Å². The summed E-state index contributed by atoms with van der Waals surface area (Å²) in [5.74, 6) is 2.15. The second kappa shape index (κ2) is 3.72. The van der Waals surface area contributed by atoms with Crippen molar-refractivity contribution in [2.45, 2.75) is 33.2 Å². The lowest BCUT2D eigenvalue weighted by Gasteiger charge is -1.96. The van der Waals surface area contributed by atoms with Crippen molar-refractivity contribution in [2.75, 3.05) is 7.05 Å². The molecule has 0 aromatic carbocycles. The maximum Gasteiger partial charge on any atom is 0.197 e. The smallest absolute Gasteiger partial charge is 0.197 e. The van der Waals surface area contributed by atoms with E-state index in [1.54, 1.807) is 0 Å². The third-order valence-electron chi connectivity index (χ3n) is 1.74. The molecule has 12 heavy (non-hydrogen) atoms. The quantitative estimate of drug-likeness (QED) is 0.748. The van der Waals surface area contributed by atoms with E-state index in [1.165, 1.54) is 0 Å². The van der Waals surface area contributed by atoms with Gasteiger partial charge in [0.15, 0.2) is 5.89 Å². The maximum atomic E-state index is 5.54. The Balaban J connectivity index is 2.85. The van der Waals surface area contributed by atoms with Gasteiger partial charge in [0.05, 0.1) is 12.2 Å². The second-order valence-corrected chi connectivity index (χ2v) is 3.25. The van der Waals surface area contributed by atoms with Gasteiger partial charge in [-0.3, -0.25) is 0 Å². The molecule has 1 aromatic heterocycles. The van der Waals surface area contributed by atoms with Gasteiger partial charge < -0.3 is 9.73 Å². The number of nitrogens with one attached hydrogen (secondary N) is 1. The van der Waals surface area contributed by atoms with Crippen LogP contribution in [0.5, 0.6) is 0 Å². The van der Waals surface area contributed by atoms with E-state index in [1.807, 2.05) is 14.0 Å². The summed E-state index contributed by atoms with van der Waals surface area (Å²) < 4.78 is 5.54. The van der Waals surface area contributed by atoms with Gasteiger partial charge in [0.2, 0.25) is 0 Å². The molecular formula is C9H16N2O. The van der Waals surface area contributed by atoms with Gasteiger partial charge in [-0.05, 0) is 14.0 Å². The number of hydrogen-bond donors (Lipinski definition) is 1. The van der Waals surface area contributed by atoms with E-state index in [2.05, 4.69) is 24.1 Å². The molecule has 0 saturated heterocycles. The van der Waals surface area contributed by atoms with Crippen LogP contribution in [0.25, 0.3) is 0 Å². The molecule has 0 aliphatic carbocycles. The highest BCUT2D eigenvalue weighted by Gasteiger charge is 2.10. The zero-order chi connectivity index (χ0) is 9.14. The molecule has 0 aliphatic rings. The lowest BCUT2D eigenvalue weighted by atomic mass is 10.2. The van der Waals surface area contributed by atoms with E-state index in [-0.39, 0.29) is 0 Å². The van der Waals surface area contributed by atoms with Crippen molar-refractivity contribution in [1.29, 1.82) is 0 Å². The third kappa shape index (κ3) is 1.85. The van der Waals surface area contributed by atoms with Crippen molar-refractivity contribution in [3.05, 3.63) is 17.3 Å². The van der Waals surface area contributed by atoms with Crippen molar-refractivity contribution < 1.29 is 4.42 Å². The SMILES string of the molecule is CNCc1oc(C(C)C)nc1C. The second-order valence-electron chi connectivity index (χ2n) is 3.25. The van der Waals surface area contributed by atoms with E-state index in [0.717, 1.165) is 23.9 Å². The van der Waals surface area contributed by atoms with Crippen LogP contribution in [0.1, 0.15) is 37.1 Å². The summed E-state index contributed by atoms with van der Waals surface area (Å²) in [5.41, 5.74) is 0.994. The Hall–Kier alpha value is -0.830. The van der Waals surface area contributed by atoms with Gasteiger partial charge in [-0.1, -0.05) is 13.8 Å². The summed E-state index contributed by atoms with van der Waals surface area (Å²) in [6, 6.07) is 0. The molecule has 0 amide bonds. The van der Waals surface area contributed by atoms with Crippen LogP contribution < -0.4 is 5.32 Å². The maximum absolute atomic E-state index is 5.54. The first-order valence-corrected chi connectivity index (χ1v) is 4.26. The van der Waals surface area contributed by atoms with E-state index in [9.17, 15) is 0 Å². The minimum Gasteiger partial charge on any atom is -0.444 e. The molecule has 0 bridgehead atoms. The van der Waals surface area contributed by atoms with Gasteiger partial charge in [0.25, 0.3) is 0 Å². The third-order valence-corrected chi connectivity index (χ3v) is 1.74. The molecule has 3 nitrogen and oxygen atoms in total. The van der Waals surface area contributed by atoms with E-state index in [0.29, 0.717) is 5.92 Å². The molecule has 0 radical (unpaired) electrons. The average molecular weight is 168 g/mol. The number of aromatic nitrogens is 1. The molecule has 0 saturated carbocycles. The number of oxazole rings is 1. The van der Waals surface area contributed by atoms with Gasteiger partial charge in [-0.2, -0.15) is 0 Å². The normalized spacial score (nSPS) is 11.1. The van der Waals surface area contributed by atoms with Gasteiger partial charge >= 0.3 is 0 Å². The number of nitrogens with zero attached hydrogens (tertiary/aromatic N) is 1. The molecule has 1 rings (SSSR count). The van der Waals surface area contributed by atoms with Crippen LogP contribution in [-0.4, -0.2) is 12.0 Å². The van der Waals surface area contributed by atoms with Crippen LogP contribution in [0.4, 0.5) is 0 Å². The Labute approximate surface area is 73.2 Å². The lowest BCUT2D eigenvalue weighted by Crippen LogP contribution is -2.04. The van der Waals surface area contributed by atoms with Crippen molar-refractivity contribution in [2.24, 2.45) is 0 Å². The summed E-state index contributed by atoms with van der Waals surface area (Å²) in [6.07, 6.45) is 0. The first kappa shape index (κ1) is 9.26. The Bertz CT molecular complexity index is 253. The van der Waals surface area contributed by atoms with Gasteiger partial charge in [0.1, 0.15) is 5.76 Å². The largest absolute Gasteiger partial charge is 0.444 e. The Morgan fingerprint density at radius 1 is 1.50 bits per heavy atom. The summed E-state index contributed by atoms with van der Waals surface area (Å²) in [6.45, 7) is 6.89. The fourth-order valence-electron chi connectivity index (χ4n) is 1.02. The van der Waals surface area contributed by atoms with Crippen LogP contribution in [0.15, 0.2) is 4.42 Å². The highest BCUT2D eigenvalue weighted by atomic mass is 16.4. The van der Waals surface area contributed by atoms with Crippen molar-refractivity contribution >= 4 is 0 Å². The molecule has 0 spiro atoms. The molecule has 1 N–H and O–H groups in total. The van der Waals surface area contributed by atoms with E-state index >= 15 is 0 Å². The predicted octanol–water partition coefficient (Wildman–Crippen LogP) is 1.83. The molecule has 0 aliphatic heterocycles. The lowest BCUT2D eigenvalue weighted by molar-refractivity contribution is 0.428. The summed E-state index contributed by atoms with van der Waals surface area (Å²) >= 11 is 0. The van der Waals surface area contributed by atoms with E-state index < -0.39 is 0 Å². The molecule has 1 aromatic rings. The van der Waals surface area contributed by atoms with Crippen LogP contribution in [-0.2, 0) is 6.54 Å². The van der Waals surface area contributed by atoms with Gasteiger partial charge in [-0.25, -0.2) is 4.98 Å². The van der Waals surface area contributed by atoms with Crippen molar-refractivity contribution in [1.82, 2.24) is 10.3 Å². The Kier molecular flexibility index (Phi) is 2.87. The molecular weight excluding hydrogens is 152 g/mol. The number of aryl methyl sites for hydroxylation is 1. The highest BCUT2D eigenvalue weighted by molar-refractivity contribution is 5.08. The molecule has 68 valence electrons. The summed E-state index contributed by atoms with van der Waals surface area (Å²) in [4.78, 5) is 4.32. The van der Waals surface area contributed by atoms with Crippen LogP contribution in [0, 0.1) is 6.92 Å². The van der Waals surface area contributed by atoms with Gasteiger partial charge in [0, 0.05) is 5.92 Å². The minimum absolute atomic E-state index is 0.370. The number of hydrogen-bond acceptors (Lipinski definition) is 3. The average Bonchev–Trinajstić information content (AvgIpc) is 2.34. The topological polar surface area (TPSA) is 38.1 Å². The standard InChI is InChI=1S/C9H16N2O/c1-6(2)9-11-7(3)8(12-9)5-10-4/h6,10H,5H2,1-4H3. The van der Waals surface area contributed by atoms with Crippen molar-refractivity contribution in [3.8, 4) is 0 Å². The molecule has 0 unspecified atom stereocenters. The molecule has 1 heterocycles. The highest BCUT2D eigenvalue weighted by Crippen LogP contribution is 2.17. The van der Waals surface area contributed by atoms with Crippen molar-refractivity contribution in [3.63, 3.8) is 0 Å². The van der Waals surface area contributed by atoms with E-state index in [4.69, 9.17) is 4.42 Å². The predicted molar refractivity (Wildman–Crippen MR) is 48.1 cm³/mol. The first-order chi connectivity index (χ1) is 5.65.